The maximum absolute atomic E-state index is 12.3. The topological polar surface area (TPSA) is 57.3 Å². The number of carbonyl (C=O) groups is 1. The minimum Gasteiger partial charge on any atom is -0.378 e. The third kappa shape index (κ3) is 5.59. The lowest BCUT2D eigenvalue weighted by Gasteiger charge is -2.13. The molecule has 142 valence electrons. The lowest BCUT2D eigenvalue weighted by atomic mass is 10.1. The van der Waals surface area contributed by atoms with Crippen LogP contribution in [0.2, 0.25) is 0 Å². The van der Waals surface area contributed by atoms with Crippen molar-refractivity contribution in [1.82, 2.24) is 15.6 Å². The molecular formula is C19H26Cl2N4O. The Balaban J connectivity index is 0.00000169. The summed E-state index contributed by atoms with van der Waals surface area (Å²) >= 11 is 0. The van der Waals surface area contributed by atoms with E-state index in [1.54, 1.807) is 12.4 Å². The van der Waals surface area contributed by atoms with Crippen LogP contribution in [0.5, 0.6) is 0 Å². The fraction of sp³-hybridized carbons (Fsp3) is 0.368. The molecule has 0 bridgehead atoms. The third-order valence-corrected chi connectivity index (χ3v) is 4.39. The summed E-state index contributed by atoms with van der Waals surface area (Å²) in [6, 6.07) is 10.5. The molecule has 1 fully saturated rings. The fourth-order valence-corrected chi connectivity index (χ4v) is 2.92. The number of aromatic nitrogens is 1. The Morgan fingerprint density at radius 3 is 2.54 bits per heavy atom. The van der Waals surface area contributed by atoms with Crippen LogP contribution in [-0.2, 0) is 0 Å². The number of benzene rings is 1. The smallest absolute Gasteiger partial charge is 0.252 e. The molecule has 1 aromatic heterocycles. The van der Waals surface area contributed by atoms with E-state index in [-0.39, 0.29) is 30.7 Å². The van der Waals surface area contributed by atoms with Crippen LogP contribution in [0, 0.1) is 0 Å². The third-order valence-electron chi connectivity index (χ3n) is 4.39. The molecule has 1 amide bonds. The summed E-state index contributed by atoms with van der Waals surface area (Å²) in [5.74, 6) is -0.0667. The summed E-state index contributed by atoms with van der Waals surface area (Å²) in [5.41, 5.74) is 3.75. The van der Waals surface area contributed by atoms with Crippen molar-refractivity contribution in [2.45, 2.75) is 18.9 Å². The molecule has 1 aromatic carbocycles. The number of hydrogen-bond donors (Lipinski definition) is 2. The van der Waals surface area contributed by atoms with Gasteiger partial charge in [0.05, 0.1) is 5.56 Å². The first-order chi connectivity index (χ1) is 11.6. The summed E-state index contributed by atoms with van der Waals surface area (Å²) < 4.78 is 0. The molecule has 1 unspecified atom stereocenters. The molecule has 0 aliphatic carbocycles. The van der Waals surface area contributed by atoms with Crippen molar-refractivity contribution in [2.24, 2.45) is 0 Å². The monoisotopic (exact) mass is 396 g/mol. The number of halogens is 2. The van der Waals surface area contributed by atoms with Crippen LogP contribution in [0.4, 0.5) is 5.69 Å². The molecule has 26 heavy (non-hydrogen) atoms. The predicted octanol–water partition coefficient (Wildman–Crippen LogP) is 3.14. The molecule has 2 heterocycles. The number of carbonyl (C=O) groups excluding carboxylic acids is 1. The zero-order valence-electron chi connectivity index (χ0n) is 15.1. The first-order valence-corrected chi connectivity index (χ1v) is 8.38. The molecule has 0 radical (unpaired) electrons. The summed E-state index contributed by atoms with van der Waals surface area (Å²) in [7, 11) is 4.03. The van der Waals surface area contributed by atoms with Crippen molar-refractivity contribution in [3.8, 4) is 11.1 Å². The van der Waals surface area contributed by atoms with E-state index in [2.05, 4.69) is 44.8 Å². The minimum absolute atomic E-state index is 0. The minimum atomic E-state index is -0.0667. The predicted molar refractivity (Wildman–Crippen MR) is 112 cm³/mol. The Kier molecular flexibility index (Phi) is 8.85. The molecule has 0 spiro atoms. The number of nitrogens with zero attached hydrogens (tertiary/aromatic N) is 2. The quantitative estimate of drug-likeness (QED) is 0.814. The number of anilines is 1. The van der Waals surface area contributed by atoms with Crippen molar-refractivity contribution in [3.05, 3.63) is 48.3 Å². The number of nitrogens with one attached hydrogen (secondary N) is 2. The highest BCUT2D eigenvalue weighted by Gasteiger charge is 2.15. The molecule has 5 nitrogen and oxygen atoms in total. The van der Waals surface area contributed by atoms with Crippen molar-refractivity contribution in [3.63, 3.8) is 0 Å². The number of amides is 1. The van der Waals surface area contributed by atoms with Crippen molar-refractivity contribution in [2.75, 3.05) is 32.1 Å². The molecule has 1 saturated heterocycles. The van der Waals surface area contributed by atoms with E-state index in [1.807, 2.05) is 20.2 Å². The normalized spacial score (nSPS) is 15.5. The van der Waals surface area contributed by atoms with E-state index in [0.717, 1.165) is 29.8 Å². The highest BCUT2D eigenvalue weighted by atomic mass is 35.5. The first-order valence-electron chi connectivity index (χ1n) is 8.38. The van der Waals surface area contributed by atoms with Crippen molar-refractivity contribution >= 4 is 36.4 Å². The van der Waals surface area contributed by atoms with Gasteiger partial charge in [0, 0.05) is 50.3 Å². The van der Waals surface area contributed by atoms with Gasteiger partial charge in [0.2, 0.25) is 0 Å². The first kappa shape index (κ1) is 22.2. The van der Waals surface area contributed by atoms with Crippen molar-refractivity contribution < 1.29 is 4.79 Å². The van der Waals surface area contributed by atoms with E-state index < -0.39 is 0 Å². The van der Waals surface area contributed by atoms with Gasteiger partial charge in [0.1, 0.15) is 0 Å². The number of pyridine rings is 1. The Hall–Kier alpha value is -1.82. The molecule has 2 aromatic rings. The standard InChI is InChI=1S/C19H24N4O.2ClH/c1-23(2)18-7-5-14(6-8-18)15-10-16(12-20-11-15)19(24)22-13-17-4-3-9-21-17;;/h5-8,10-12,17,21H,3-4,9,13H2,1-2H3,(H,22,24);2*1H. The maximum atomic E-state index is 12.3. The zero-order chi connectivity index (χ0) is 16.9. The lowest BCUT2D eigenvalue weighted by Crippen LogP contribution is -2.37. The average Bonchev–Trinajstić information content (AvgIpc) is 3.13. The van der Waals surface area contributed by atoms with Crippen LogP contribution in [0.15, 0.2) is 42.7 Å². The largest absolute Gasteiger partial charge is 0.378 e. The van der Waals surface area contributed by atoms with Gasteiger partial charge < -0.3 is 15.5 Å². The van der Waals surface area contributed by atoms with E-state index in [9.17, 15) is 4.79 Å². The fourth-order valence-electron chi connectivity index (χ4n) is 2.92. The summed E-state index contributed by atoms with van der Waals surface area (Å²) in [4.78, 5) is 18.6. The molecule has 1 aliphatic rings. The molecule has 1 aliphatic heterocycles. The molecule has 3 rings (SSSR count). The Labute approximate surface area is 167 Å². The Morgan fingerprint density at radius 2 is 1.92 bits per heavy atom. The van der Waals surface area contributed by atoms with Gasteiger partial charge in [0.25, 0.3) is 5.91 Å². The van der Waals surface area contributed by atoms with Gasteiger partial charge >= 0.3 is 0 Å². The van der Waals surface area contributed by atoms with Crippen LogP contribution >= 0.6 is 24.8 Å². The highest BCUT2D eigenvalue weighted by molar-refractivity contribution is 5.95. The van der Waals surface area contributed by atoms with Crippen molar-refractivity contribution in [1.29, 1.82) is 0 Å². The summed E-state index contributed by atoms with van der Waals surface area (Å²) in [6.07, 6.45) is 5.71. The van der Waals surface area contributed by atoms with Gasteiger partial charge in [-0.05, 0) is 43.1 Å². The van der Waals surface area contributed by atoms with Crippen LogP contribution in [-0.4, -0.2) is 44.1 Å². The van der Waals surface area contributed by atoms with Gasteiger partial charge in [0.15, 0.2) is 0 Å². The van der Waals surface area contributed by atoms with Gasteiger partial charge in [-0.1, -0.05) is 12.1 Å². The van der Waals surface area contributed by atoms with E-state index in [1.165, 1.54) is 6.42 Å². The number of hydrogen-bond acceptors (Lipinski definition) is 4. The number of rotatable bonds is 5. The van der Waals surface area contributed by atoms with Gasteiger partial charge in [-0.25, -0.2) is 0 Å². The molecule has 7 heteroatoms. The SMILES string of the molecule is CN(C)c1ccc(-c2cncc(C(=O)NCC3CCCN3)c2)cc1.Cl.Cl. The van der Waals surface area contributed by atoms with E-state index >= 15 is 0 Å². The van der Waals surface area contributed by atoms with Gasteiger partial charge in [-0.15, -0.1) is 24.8 Å². The molecule has 0 saturated carbocycles. The van der Waals surface area contributed by atoms with E-state index in [0.29, 0.717) is 18.2 Å². The Bertz CT molecular complexity index is 701. The second-order valence-electron chi connectivity index (χ2n) is 6.41. The molecule has 1 atom stereocenters. The second-order valence-corrected chi connectivity index (χ2v) is 6.41. The van der Waals surface area contributed by atoms with Gasteiger partial charge in [-0.3, -0.25) is 9.78 Å². The maximum Gasteiger partial charge on any atom is 0.252 e. The second kappa shape index (κ2) is 10.4. The van der Waals surface area contributed by atoms with Gasteiger partial charge in [-0.2, -0.15) is 0 Å². The lowest BCUT2D eigenvalue weighted by molar-refractivity contribution is 0.0950. The average molecular weight is 397 g/mol. The highest BCUT2D eigenvalue weighted by Crippen LogP contribution is 2.22. The van der Waals surface area contributed by atoms with Crippen LogP contribution in [0.1, 0.15) is 23.2 Å². The van der Waals surface area contributed by atoms with Crippen LogP contribution < -0.4 is 15.5 Å². The molecule has 2 N–H and O–H groups in total. The molecular weight excluding hydrogens is 371 g/mol. The van der Waals surface area contributed by atoms with Crippen LogP contribution in [0.3, 0.4) is 0 Å². The zero-order valence-corrected chi connectivity index (χ0v) is 16.7. The summed E-state index contributed by atoms with van der Waals surface area (Å²) in [5, 5.41) is 6.38. The van der Waals surface area contributed by atoms with Crippen LogP contribution in [0.25, 0.3) is 11.1 Å². The summed E-state index contributed by atoms with van der Waals surface area (Å²) in [6.45, 7) is 1.71. The Morgan fingerprint density at radius 1 is 1.19 bits per heavy atom. The van der Waals surface area contributed by atoms with E-state index in [4.69, 9.17) is 0 Å².